The van der Waals surface area contributed by atoms with Gasteiger partial charge in [0.2, 0.25) is 0 Å². The van der Waals surface area contributed by atoms with Crippen molar-refractivity contribution in [2.45, 2.75) is 39.6 Å². The number of nitrogens with zero attached hydrogens (tertiary/aromatic N) is 1. The molecule has 2 aromatic carbocycles. The molecule has 6 heteroatoms. The molecule has 0 aromatic heterocycles. The van der Waals surface area contributed by atoms with Crippen molar-refractivity contribution in [3.63, 3.8) is 0 Å². The average molecular weight is 429 g/mol. The molecular formula is C24H32N2O3S. The first kappa shape index (κ1) is 24.0. The van der Waals surface area contributed by atoms with Crippen LogP contribution in [-0.2, 0) is 16.0 Å². The molecule has 0 fully saturated rings. The molecule has 1 amide bonds. The van der Waals surface area contributed by atoms with Crippen molar-refractivity contribution in [2.24, 2.45) is 5.41 Å². The van der Waals surface area contributed by atoms with Gasteiger partial charge in [-0.15, -0.1) is 0 Å². The van der Waals surface area contributed by atoms with Crippen LogP contribution in [0.3, 0.4) is 0 Å². The van der Waals surface area contributed by atoms with Gasteiger partial charge in [-0.2, -0.15) is 0 Å². The molecule has 0 bridgehead atoms. The largest absolute Gasteiger partial charge is 0.373 e. The second-order valence-corrected chi connectivity index (χ2v) is 8.64. The number of thiocarbonyl (C=S) groups is 1. The summed E-state index contributed by atoms with van der Waals surface area (Å²) in [4.78, 5) is 16.0. The molecule has 0 heterocycles. The molecule has 1 unspecified atom stereocenters. The molecule has 1 atom stereocenters. The fourth-order valence-corrected chi connectivity index (χ4v) is 3.92. The van der Waals surface area contributed by atoms with E-state index in [1.807, 2.05) is 65.6 Å². The Morgan fingerprint density at radius 2 is 1.53 bits per heavy atom. The highest BCUT2D eigenvalue weighted by Gasteiger charge is 2.37. The first-order chi connectivity index (χ1) is 14.3. The van der Waals surface area contributed by atoms with Gasteiger partial charge in [0.15, 0.2) is 6.29 Å². The van der Waals surface area contributed by atoms with Gasteiger partial charge >= 0.3 is 0 Å². The number of benzene rings is 2. The number of carbonyl (C=O) groups excluding carboxylic acids is 1. The van der Waals surface area contributed by atoms with E-state index in [1.165, 1.54) is 0 Å². The molecule has 2 rings (SSSR count). The third-order valence-corrected chi connectivity index (χ3v) is 5.19. The van der Waals surface area contributed by atoms with Gasteiger partial charge < -0.3 is 19.7 Å². The summed E-state index contributed by atoms with van der Waals surface area (Å²) in [6.45, 7) is 7.12. The summed E-state index contributed by atoms with van der Waals surface area (Å²) in [6.07, 6.45) is -0.420. The minimum absolute atomic E-state index is 0.0569. The van der Waals surface area contributed by atoms with Gasteiger partial charge in [0.05, 0.1) is 17.6 Å². The van der Waals surface area contributed by atoms with E-state index < -0.39 is 6.29 Å². The van der Waals surface area contributed by atoms with Crippen LogP contribution >= 0.6 is 12.2 Å². The van der Waals surface area contributed by atoms with E-state index in [0.717, 1.165) is 5.56 Å². The lowest BCUT2D eigenvalue weighted by Gasteiger charge is -2.41. The van der Waals surface area contributed by atoms with Crippen molar-refractivity contribution >= 4 is 23.1 Å². The number of amides is 1. The van der Waals surface area contributed by atoms with Gasteiger partial charge in [-0.1, -0.05) is 81.5 Å². The van der Waals surface area contributed by atoms with E-state index in [0.29, 0.717) is 23.6 Å². The van der Waals surface area contributed by atoms with Crippen LogP contribution in [0.25, 0.3) is 0 Å². The number of rotatable bonds is 9. The molecule has 162 valence electrons. The Morgan fingerprint density at radius 3 is 2.03 bits per heavy atom. The second-order valence-electron chi connectivity index (χ2n) is 8.20. The lowest BCUT2D eigenvalue weighted by Crippen LogP contribution is -2.55. The van der Waals surface area contributed by atoms with E-state index in [1.54, 1.807) is 14.2 Å². The van der Waals surface area contributed by atoms with Crippen LogP contribution in [0.4, 0.5) is 0 Å². The van der Waals surface area contributed by atoms with Crippen molar-refractivity contribution < 1.29 is 14.3 Å². The van der Waals surface area contributed by atoms with Crippen LogP contribution in [0.1, 0.15) is 36.7 Å². The quantitative estimate of drug-likeness (QED) is 0.477. The van der Waals surface area contributed by atoms with Gasteiger partial charge in [0.25, 0.3) is 5.91 Å². The number of hydrogen-bond acceptors (Lipinski definition) is 4. The van der Waals surface area contributed by atoms with Crippen molar-refractivity contribution in [1.29, 1.82) is 0 Å². The summed E-state index contributed by atoms with van der Waals surface area (Å²) >= 11 is 5.78. The minimum Gasteiger partial charge on any atom is -0.373 e. The Labute approximate surface area is 185 Å². The molecular weight excluding hydrogens is 396 g/mol. The lowest BCUT2D eigenvalue weighted by atomic mass is 9.84. The minimum atomic E-state index is -0.420. The van der Waals surface area contributed by atoms with Crippen molar-refractivity contribution in [2.75, 3.05) is 20.8 Å². The summed E-state index contributed by atoms with van der Waals surface area (Å²) in [7, 11) is 3.17. The Kier molecular flexibility index (Phi) is 8.96. The molecule has 0 spiro atoms. The number of methoxy groups -OCH3 is 2. The number of nitrogens with one attached hydrogen (secondary N) is 1. The Balaban J connectivity index is 2.39. The number of carbonyl (C=O) groups is 1. The fraction of sp³-hybridized carbons (Fsp3) is 0.417. The highest BCUT2D eigenvalue weighted by atomic mass is 32.1. The first-order valence-electron chi connectivity index (χ1n) is 10.0. The molecule has 5 nitrogen and oxygen atoms in total. The van der Waals surface area contributed by atoms with Crippen LogP contribution in [-0.4, -0.2) is 48.9 Å². The molecule has 2 aromatic rings. The zero-order chi connectivity index (χ0) is 22.1. The van der Waals surface area contributed by atoms with Gasteiger partial charge in [-0.05, 0) is 23.1 Å². The second kappa shape index (κ2) is 11.2. The van der Waals surface area contributed by atoms with Crippen molar-refractivity contribution in [1.82, 2.24) is 10.2 Å². The zero-order valence-electron chi connectivity index (χ0n) is 18.4. The van der Waals surface area contributed by atoms with Gasteiger partial charge in [0, 0.05) is 26.3 Å². The Morgan fingerprint density at radius 1 is 1.00 bits per heavy atom. The first-order valence-corrected chi connectivity index (χ1v) is 10.4. The number of ether oxygens (including phenoxy) is 2. The van der Waals surface area contributed by atoms with Gasteiger partial charge in [0.1, 0.15) is 0 Å². The predicted molar refractivity (Wildman–Crippen MR) is 124 cm³/mol. The maximum atomic E-state index is 13.6. The standard InChI is InChI=1S/C24H32N2O3S/c1-24(2,3)21(22(30)25-16-20(28-4)29-5)26(17-18-12-8-6-9-13-18)23(27)19-14-10-7-11-15-19/h6-15,20-21H,16-17H2,1-5H3,(H,25,30). The third-order valence-electron chi connectivity index (χ3n) is 4.83. The van der Waals surface area contributed by atoms with Crippen molar-refractivity contribution in [3.05, 3.63) is 71.8 Å². The topological polar surface area (TPSA) is 50.8 Å². The fourth-order valence-electron chi connectivity index (χ4n) is 3.35. The van der Waals surface area contributed by atoms with E-state index >= 15 is 0 Å². The summed E-state index contributed by atoms with van der Waals surface area (Å²) in [5.74, 6) is -0.0569. The third kappa shape index (κ3) is 6.62. The normalized spacial score (nSPS) is 12.5. The molecule has 0 aliphatic carbocycles. The van der Waals surface area contributed by atoms with Crippen LogP contribution in [0.15, 0.2) is 60.7 Å². The highest BCUT2D eigenvalue weighted by molar-refractivity contribution is 7.80. The lowest BCUT2D eigenvalue weighted by molar-refractivity contribution is -0.0966. The molecule has 1 N–H and O–H groups in total. The van der Waals surface area contributed by atoms with Crippen molar-refractivity contribution in [3.8, 4) is 0 Å². The summed E-state index contributed by atoms with van der Waals surface area (Å²) in [5.41, 5.74) is 1.39. The maximum absolute atomic E-state index is 13.6. The predicted octanol–water partition coefficient (Wildman–Crippen LogP) is 4.28. The smallest absolute Gasteiger partial charge is 0.254 e. The Hall–Kier alpha value is -2.28. The maximum Gasteiger partial charge on any atom is 0.254 e. The molecule has 0 radical (unpaired) electrons. The van der Waals surface area contributed by atoms with E-state index in [-0.39, 0.29) is 17.4 Å². The van der Waals surface area contributed by atoms with Crippen LogP contribution in [0.5, 0.6) is 0 Å². The van der Waals surface area contributed by atoms with Crippen LogP contribution < -0.4 is 5.32 Å². The SMILES string of the molecule is COC(CNC(=S)C(N(Cc1ccccc1)C(=O)c1ccccc1)C(C)(C)C)OC. The van der Waals surface area contributed by atoms with E-state index in [4.69, 9.17) is 21.7 Å². The molecule has 0 aliphatic heterocycles. The molecule has 30 heavy (non-hydrogen) atoms. The highest BCUT2D eigenvalue weighted by Crippen LogP contribution is 2.28. The Bertz CT molecular complexity index is 802. The number of hydrogen-bond donors (Lipinski definition) is 1. The molecule has 0 saturated carbocycles. The monoisotopic (exact) mass is 428 g/mol. The van der Waals surface area contributed by atoms with Gasteiger partial charge in [-0.25, -0.2) is 0 Å². The van der Waals surface area contributed by atoms with E-state index in [9.17, 15) is 4.79 Å². The molecule has 0 saturated heterocycles. The summed E-state index contributed by atoms with van der Waals surface area (Å²) in [5, 5.41) is 3.25. The van der Waals surface area contributed by atoms with Crippen LogP contribution in [0, 0.1) is 5.41 Å². The van der Waals surface area contributed by atoms with E-state index in [2.05, 4.69) is 26.1 Å². The average Bonchev–Trinajstić information content (AvgIpc) is 2.74. The van der Waals surface area contributed by atoms with Gasteiger partial charge in [-0.3, -0.25) is 4.79 Å². The summed E-state index contributed by atoms with van der Waals surface area (Å²) in [6, 6.07) is 19.0. The zero-order valence-corrected chi connectivity index (χ0v) is 19.2. The molecule has 0 aliphatic rings. The summed E-state index contributed by atoms with van der Waals surface area (Å²) < 4.78 is 10.5. The van der Waals surface area contributed by atoms with Crippen LogP contribution in [0.2, 0.25) is 0 Å².